The number of fused-ring (bicyclic) bond motifs is 4. The van der Waals surface area contributed by atoms with Crippen LogP contribution in [0.25, 0.3) is 0 Å². The van der Waals surface area contributed by atoms with Gasteiger partial charge in [-0.1, -0.05) is 12.7 Å². The minimum Gasteiger partial charge on any atom is -0.412 e. The Labute approximate surface area is 196 Å². The highest BCUT2D eigenvalue weighted by Crippen LogP contribution is 2.33. The van der Waals surface area contributed by atoms with Crippen LogP contribution in [0.4, 0.5) is 26.3 Å². The number of carbonyl (C=O) groups excluding carboxylic acids is 2. The van der Waals surface area contributed by atoms with Gasteiger partial charge in [-0.2, -0.15) is 0 Å². The van der Waals surface area contributed by atoms with Crippen molar-refractivity contribution in [2.45, 2.75) is 50.9 Å². The van der Waals surface area contributed by atoms with Gasteiger partial charge in [0.15, 0.2) is 0 Å². The summed E-state index contributed by atoms with van der Waals surface area (Å²) in [6.45, 7) is 3.63. The lowest BCUT2D eigenvalue weighted by atomic mass is 10.0. The molecule has 2 aliphatic heterocycles. The second-order valence-electron chi connectivity index (χ2n) is 7.52. The molecule has 0 spiro atoms. The van der Waals surface area contributed by atoms with E-state index in [1.54, 1.807) is 0 Å². The fourth-order valence-electron chi connectivity index (χ4n) is 3.18. The number of nitrogens with one attached hydrogen (secondary N) is 3. The molecule has 0 saturated carbocycles. The fourth-order valence-corrected chi connectivity index (χ4v) is 3.18. The Morgan fingerprint density at radius 2 is 1.91 bits per heavy atom. The number of dihydropyridines is 1. The molecule has 0 aromatic carbocycles. The zero-order valence-corrected chi connectivity index (χ0v) is 18.3. The van der Waals surface area contributed by atoms with Crippen LogP contribution in [0.15, 0.2) is 59.5 Å². The number of hydrogen-bond donors (Lipinski definition) is 4. The second kappa shape index (κ2) is 11.7. The molecule has 3 rings (SSSR count). The van der Waals surface area contributed by atoms with Crippen LogP contribution in [0.1, 0.15) is 32.1 Å². The van der Waals surface area contributed by atoms with Crippen LogP contribution in [-0.2, 0) is 19.1 Å². The van der Waals surface area contributed by atoms with Crippen molar-refractivity contribution in [1.82, 2.24) is 16.0 Å². The maximum absolute atomic E-state index is 12.6. The first-order chi connectivity index (χ1) is 16.2. The Morgan fingerprint density at radius 1 is 1.20 bits per heavy atom. The van der Waals surface area contributed by atoms with E-state index in [-0.39, 0.29) is 42.1 Å². The van der Waals surface area contributed by atoms with Crippen LogP contribution in [0.2, 0.25) is 0 Å². The van der Waals surface area contributed by atoms with Gasteiger partial charge in [-0.25, -0.2) is 0 Å². The summed E-state index contributed by atoms with van der Waals surface area (Å²) < 4.78 is 80.9. The fraction of sp³-hybridized carbons (Fsp3) is 0.429. The number of hydrogen-bond acceptors (Lipinski definition) is 6. The molecule has 2 amide bonds. The van der Waals surface area contributed by atoms with Gasteiger partial charge in [-0.05, 0) is 37.3 Å². The SMILES string of the molecule is C=C(CCNC(=O)C1NC2=C(OC(F)(F)F)C=C1CCC2)C(=O)N/C=C/C/C(N)=C\OC(F)(F)F. The molecule has 194 valence electrons. The number of allylic oxidation sites excluding steroid dienone is 3. The zero-order valence-electron chi connectivity index (χ0n) is 18.3. The van der Waals surface area contributed by atoms with E-state index in [1.165, 1.54) is 18.4 Å². The standard InChI is InChI=1S/C21H24F6N4O4/c1-12(18(32)29-8-3-5-14(28)11-34-20(22,23)24)7-9-30-19(33)17-13-4-2-6-15(31-17)16(10-13)35-21(25,26)27/h3,8,10-11,17,31H,1-2,4-7,9,28H2,(H,29,32)(H,30,33)/b8-3+,14-11+. The Kier molecular flexibility index (Phi) is 9.25. The number of alkyl halides is 6. The van der Waals surface area contributed by atoms with Gasteiger partial charge in [0.1, 0.15) is 18.1 Å². The van der Waals surface area contributed by atoms with Crippen molar-refractivity contribution in [1.29, 1.82) is 0 Å². The normalized spacial score (nSPS) is 18.5. The van der Waals surface area contributed by atoms with Gasteiger partial charge in [0, 0.05) is 30.4 Å². The average molecular weight is 510 g/mol. The largest absolute Gasteiger partial charge is 0.573 e. The second-order valence-corrected chi connectivity index (χ2v) is 7.52. The molecule has 0 radical (unpaired) electrons. The summed E-state index contributed by atoms with van der Waals surface area (Å²) in [6, 6.07) is -0.849. The molecular formula is C21H24F6N4O4. The molecular weight excluding hydrogens is 486 g/mol. The lowest BCUT2D eigenvalue weighted by Crippen LogP contribution is -2.46. The van der Waals surface area contributed by atoms with Crippen molar-refractivity contribution in [2.24, 2.45) is 5.73 Å². The summed E-state index contributed by atoms with van der Waals surface area (Å²) in [4.78, 5) is 24.5. The van der Waals surface area contributed by atoms with Crippen molar-refractivity contribution < 1.29 is 45.4 Å². The first-order valence-electron chi connectivity index (χ1n) is 10.3. The third-order valence-electron chi connectivity index (χ3n) is 4.76. The molecule has 3 aliphatic rings. The van der Waals surface area contributed by atoms with Crippen LogP contribution in [-0.4, -0.2) is 37.1 Å². The lowest BCUT2D eigenvalue weighted by molar-refractivity contribution is -0.304. The van der Waals surface area contributed by atoms with E-state index in [9.17, 15) is 35.9 Å². The molecule has 1 aliphatic carbocycles. The van der Waals surface area contributed by atoms with Crippen LogP contribution in [0.3, 0.4) is 0 Å². The summed E-state index contributed by atoms with van der Waals surface area (Å²) in [5.41, 5.74) is 5.86. The number of halogens is 6. The van der Waals surface area contributed by atoms with Crippen molar-refractivity contribution in [2.75, 3.05) is 6.54 Å². The van der Waals surface area contributed by atoms with Crippen LogP contribution >= 0.6 is 0 Å². The van der Waals surface area contributed by atoms with E-state index in [2.05, 4.69) is 32.0 Å². The number of ether oxygens (including phenoxy) is 2. The highest BCUT2D eigenvalue weighted by atomic mass is 19.4. The molecule has 1 saturated heterocycles. The summed E-state index contributed by atoms with van der Waals surface area (Å²) >= 11 is 0. The Bertz CT molecular complexity index is 950. The molecule has 2 heterocycles. The van der Waals surface area contributed by atoms with Crippen LogP contribution in [0, 0.1) is 0 Å². The molecule has 1 unspecified atom stereocenters. The van der Waals surface area contributed by atoms with Gasteiger partial charge in [-0.3, -0.25) is 9.59 Å². The molecule has 14 heteroatoms. The van der Waals surface area contributed by atoms with E-state index in [1.807, 2.05) is 0 Å². The van der Waals surface area contributed by atoms with Gasteiger partial charge < -0.3 is 31.2 Å². The van der Waals surface area contributed by atoms with Crippen molar-refractivity contribution in [3.05, 3.63) is 59.5 Å². The van der Waals surface area contributed by atoms with Crippen molar-refractivity contribution in [3.8, 4) is 0 Å². The zero-order chi connectivity index (χ0) is 26.2. The van der Waals surface area contributed by atoms with E-state index in [0.717, 1.165) is 0 Å². The van der Waals surface area contributed by atoms with E-state index in [4.69, 9.17) is 5.73 Å². The average Bonchev–Trinajstić information content (AvgIpc) is 3.06. The minimum atomic E-state index is -4.85. The maximum Gasteiger partial charge on any atom is 0.573 e. The molecule has 1 fully saturated rings. The van der Waals surface area contributed by atoms with Gasteiger partial charge in [0.05, 0.1) is 5.70 Å². The van der Waals surface area contributed by atoms with Gasteiger partial charge in [0.25, 0.3) is 5.91 Å². The Morgan fingerprint density at radius 3 is 2.57 bits per heavy atom. The molecule has 2 bridgehead atoms. The molecule has 35 heavy (non-hydrogen) atoms. The third-order valence-corrected chi connectivity index (χ3v) is 4.76. The van der Waals surface area contributed by atoms with Gasteiger partial charge >= 0.3 is 12.7 Å². The number of nitrogens with two attached hydrogens (primary N) is 1. The number of rotatable bonds is 10. The predicted octanol–water partition coefficient (Wildman–Crippen LogP) is 3.24. The Hall–Kier alpha value is -3.58. The molecule has 0 aromatic heterocycles. The summed E-state index contributed by atoms with van der Waals surface area (Å²) in [7, 11) is 0. The summed E-state index contributed by atoms with van der Waals surface area (Å²) in [5, 5.41) is 7.75. The first kappa shape index (κ1) is 27.7. The van der Waals surface area contributed by atoms with Crippen LogP contribution in [0.5, 0.6) is 0 Å². The topological polar surface area (TPSA) is 115 Å². The number of carbonyl (C=O) groups is 2. The predicted molar refractivity (Wildman–Crippen MR) is 111 cm³/mol. The third kappa shape index (κ3) is 9.66. The monoisotopic (exact) mass is 510 g/mol. The highest BCUT2D eigenvalue weighted by Gasteiger charge is 2.37. The van der Waals surface area contributed by atoms with Crippen LogP contribution < -0.4 is 21.7 Å². The van der Waals surface area contributed by atoms with Gasteiger partial charge in [0.2, 0.25) is 5.91 Å². The molecule has 1 atom stereocenters. The first-order valence-corrected chi connectivity index (χ1v) is 10.3. The smallest absolute Gasteiger partial charge is 0.412 e. The van der Waals surface area contributed by atoms with Gasteiger partial charge in [-0.15, -0.1) is 26.3 Å². The number of amides is 2. The maximum atomic E-state index is 12.6. The molecule has 0 aromatic rings. The van der Waals surface area contributed by atoms with E-state index in [0.29, 0.717) is 31.1 Å². The lowest BCUT2D eigenvalue weighted by Gasteiger charge is -2.26. The molecule has 8 nitrogen and oxygen atoms in total. The minimum absolute atomic E-state index is 0.0374. The summed E-state index contributed by atoms with van der Waals surface area (Å²) in [6.07, 6.45) is -4.41. The van der Waals surface area contributed by atoms with E-state index < -0.39 is 30.6 Å². The van der Waals surface area contributed by atoms with Crippen molar-refractivity contribution in [3.63, 3.8) is 0 Å². The van der Waals surface area contributed by atoms with E-state index >= 15 is 0 Å². The highest BCUT2D eigenvalue weighted by molar-refractivity contribution is 5.93. The Balaban J connectivity index is 1.76. The van der Waals surface area contributed by atoms with Crippen molar-refractivity contribution >= 4 is 11.8 Å². The summed E-state index contributed by atoms with van der Waals surface area (Å²) in [5.74, 6) is -1.41. The quantitative estimate of drug-likeness (QED) is 0.204. The molecule has 5 N–H and O–H groups in total.